The van der Waals surface area contributed by atoms with Crippen molar-refractivity contribution < 1.29 is 13.9 Å². The number of halogens is 1. The second-order valence-electron chi connectivity index (χ2n) is 6.67. The Bertz CT molecular complexity index is 743. The molecule has 2 fully saturated rings. The van der Waals surface area contributed by atoms with Gasteiger partial charge in [-0.15, -0.1) is 0 Å². The predicted octanol–water partition coefficient (Wildman–Crippen LogP) is 2.63. The Morgan fingerprint density at radius 1 is 1.33 bits per heavy atom. The lowest BCUT2D eigenvalue weighted by molar-refractivity contribution is 0.0505. The van der Waals surface area contributed by atoms with Crippen LogP contribution in [0.2, 0.25) is 0 Å². The van der Waals surface area contributed by atoms with Crippen LogP contribution in [0.5, 0.6) is 5.75 Å². The van der Waals surface area contributed by atoms with Gasteiger partial charge >= 0.3 is 0 Å². The summed E-state index contributed by atoms with van der Waals surface area (Å²) in [5, 5.41) is 4.10. The zero-order chi connectivity index (χ0) is 16.7. The fourth-order valence-electron chi connectivity index (χ4n) is 4.02. The van der Waals surface area contributed by atoms with Gasteiger partial charge in [0.1, 0.15) is 18.2 Å². The molecule has 1 aromatic heterocycles. The third-order valence-corrected chi connectivity index (χ3v) is 5.16. The molecule has 1 aromatic carbocycles. The van der Waals surface area contributed by atoms with E-state index in [4.69, 9.17) is 4.74 Å². The topological polar surface area (TPSA) is 47.4 Å². The van der Waals surface area contributed by atoms with Gasteiger partial charge in [-0.3, -0.25) is 9.48 Å². The predicted molar refractivity (Wildman–Crippen MR) is 86.2 cm³/mol. The van der Waals surface area contributed by atoms with Crippen molar-refractivity contribution in [2.75, 3.05) is 6.61 Å². The van der Waals surface area contributed by atoms with Gasteiger partial charge in [0.15, 0.2) is 0 Å². The number of nitrogens with zero attached hydrogens (tertiary/aromatic N) is 3. The van der Waals surface area contributed by atoms with E-state index in [1.807, 2.05) is 11.9 Å². The summed E-state index contributed by atoms with van der Waals surface area (Å²) in [5.74, 6) is 0.864. The fraction of sp³-hybridized carbons (Fsp3) is 0.444. The molecular weight excluding hydrogens is 309 g/mol. The monoisotopic (exact) mass is 329 g/mol. The third kappa shape index (κ3) is 2.66. The highest BCUT2D eigenvalue weighted by Crippen LogP contribution is 2.43. The van der Waals surface area contributed by atoms with E-state index in [0.717, 1.165) is 19.3 Å². The molecule has 1 amide bonds. The van der Waals surface area contributed by atoms with Gasteiger partial charge in [0.2, 0.25) is 0 Å². The summed E-state index contributed by atoms with van der Waals surface area (Å²) < 4.78 is 20.5. The highest BCUT2D eigenvalue weighted by Gasteiger charge is 2.48. The summed E-state index contributed by atoms with van der Waals surface area (Å²) >= 11 is 0. The number of benzene rings is 1. The van der Waals surface area contributed by atoms with E-state index in [2.05, 4.69) is 5.10 Å². The second kappa shape index (κ2) is 5.92. The Kier molecular flexibility index (Phi) is 3.75. The Balaban J connectivity index is 1.50. The molecule has 0 spiro atoms. The molecule has 1 saturated carbocycles. The number of aromatic nitrogens is 2. The standard InChI is InChI=1S/C18H20FN3O2/c1-21-10-13(9-20-21)18(23)22-15-5-2-12(8-15)17(22)11-24-16-6-3-14(19)4-7-16/h3-4,6-7,9-10,12,15,17H,2,5,8,11H2,1H3/t12-,15-,17-/m1/s1. The number of likely N-dealkylation sites (tertiary alicyclic amines) is 1. The molecule has 2 bridgehead atoms. The lowest BCUT2D eigenvalue weighted by atomic mass is 9.99. The van der Waals surface area contributed by atoms with E-state index in [0.29, 0.717) is 29.9 Å². The average molecular weight is 329 g/mol. The molecule has 0 N–H and O–H groups in total. The van der Waals surface area contributed by atoms with Crippen molar-refractivity contribution in [1.82, 2.24) is 14.7 Å². The van der Waals surface area contributed by atoms with E-state index < -0.39 is 0 Å². The van der Waals surface area contributed by atoms with Crippen molar-refractivity contribution in [1.29, 1.82) is 0 Å². The van der Waals surface area contributed by atoms with Crippen LogP contribution in [0.1, 0.15) is 29.6 Å². The smallest absolute Gasteiger partial charge is 0.257 e. The average Bonchev–Trinajstić information content (AvgIpc) is 3.29. The number of fused-ring (bicyclic) bond motifs is 2. The molecule has 3 atom stereocenters. The summed E-state index contributed by atoms with van der Waals surface area (Å²) in [6.45, 7) is 0.443. The first-order valence-electron chi connectivity index (χ1n) is 8.31. The molecule has 2 aromatic rings. The maximum absolute atomic E-state index is 13.0. The molecule has 24 heavy (non-hydrogen) atoms. The number of rotatable bonds is 4. The van der Waals surface area contributed by atoms with Crippen LogP contribution < -0.4 is 4.74 Å². The summed E-state index contributed by atoms with van der Waals surface area (Å²) in [5.41, 5.74) is 0.622. The van der Waals surface area contributed by atoms with Crippen molar-refractivity contribution in [3.63, 3.8) is 0 Å². The molecule has 126 valence electrons. The number of aryl methyl sites for hydroxylation is 1. The molecule has 0 radical (unpaired) electrons. The van der Waals surface area contributed by atoms with Crippen molar-refractivity contribution in [3.8, 4) is 5.75 Å². The maximum atomic E-state index is 13.0. The minimum Gasteiger partial charge on any atom is -0.491 e. The van der Waals surface area contributed by atoms with Crippen LogP contribution in [0.15, 0.2) is 36.7 Å². The molecular formula is C18H20FN3O2. The fourth-order valence-corrected chi connectivity index (χ4v) is 4.02. The minimum absolute atomic E-state index is 0.0306. The van der Waals surface area contributed by atoms with Gasteiger partial charge in [-0.1, -0.05) is 0 Å². The van der Waals surface area contributed by atoms with Gasteiger partial charge in [-0.25, -0.2) is 4.39 Å². The number of carbonyl (C=O) groups excluding carboxylic acids is 1. The van der Waals surface area contributed by atoms with Gasteiger partial charge in [0, 0.05) is 19.3 Å². The van der Waals surface area contributed by atoms with Gasteiger partial charge in [0.05, 0.1) is 17.8 Å². The highest BCUT2D eigenvalue weighted by molar-refractivity contribution is 5.94. The van der Waals surface area contributed by atoms with Crippen LogP contribution in [0.25, 0.3) is 0 Å². The van der Waals surface area contributed by atoms with E-state index in [1.54, 1.807) is 29.2 Å². The van der Waals surface area contributed by atoms with Crippen molar-refractivity contribution >= 4 is 5.91 Å². The number of ether oxygens (including phenoxy) is 1. The van der Waals surface area contributed by atoms with Crippen LogP contribution in [0.4, 0.5) is 4.39 Å². The number of hydrogen-bond acceptors (Lipinski definition) is 3. The quantitative estimate of drug-likeness (QED) is 0.866. The molecule has 1 aliphatic heterocycles. The zero-order valence-electron chi connectivity index (χ0n) is 13.6. The van der Waals surface area contributed by atoms with Gasteiger partial charge < -0.3 is 9.64 Å². The van der Waals surface area contributed by atoms with E-state index in [-0.39, 0.29) is 17.8 Å². The molecule has 0 unspecified atom stereocenters. The highest BCUT2D eigenvalue weighted by atomic mass is 19.1. The number of piperidine rings is 1. The van der Waals surface area contributed by atoms with Crippen molar-refractivity contribution in [2.24, 2.45) is 13.0 Å². The van der Waals surface area contributed by atoms with Crippen LogP contribution in [0, 0.1) is 11.7 Å². The molecule has 6 heteroatoms. The molecule has 4 rings (SSSR count). The first-order chi connectivity index (χ1) is 11.6. The first-order valence-corrected chi connectivity index (χ1v) is 8.31. The molecule has 5 nitrogen and oxygen atoms in total. The molecule has 1 aliphatic carbocycles. The lowest BCUT2D eigenvalue weighted by Crippen LogP contribution is -2.47. The van der Waals surface area contributed by atoms with E-state index in [1.165, 1.54) is 12.1 Å². The Hall–Kier alpha value is -2.37. The molecule has 2 aliphatic rings. The largest absolute Gasteiger partial charge is 0.491 e. The first kappa shape index (κ1) is 15.2. The van der Waals surface area contributed by atoms with Crippen molar-refractivity contribution in [3.05, 3.63) is 48.0 Å². The maximum Gasteiger partial charge on any atom is 0.257 e. The number of carbonyl (C=O) groups is 1. The van der Waals surface area contributed by atoms with Crippen LogP contribution in [-0.4, -0.2) is 39.3 Å². The second-order valence-corrected chi connectivity index (χ2v) is 6.67. The van der Waals surface area contributed by atoms with Gasteiger partial charge in [-0.2, -0.15) is 5.10 Å². The summed E-state index contributed by atoms with van der Waals surface area (Å²) in [7, 11) is 1.81. The SMILES string of the molecule is Cn1cc(C(=O)N2[C@@H]3CC[C@H](C3)[C@H]2COc2ccc(F)cc2)cn1. The van der Waals surface area contributed by atoms with Crippen LogP contribution >= 0.6 is 0 Å². The normalized spacial score (nSPS) is 25.2. The number of hydrogen-bond donors (Lipinski definition) is 0. The summed E-state index contributed by atoms with van der Waals surface area (Å²) in [6.07, 6.45) is 6.62. The van der Waals surface area contributed by atoms with E-state index >= 15 is 0 Å². The third-order valence-electron chi connectivity index (χ3n) is 5.16. The Morgan fingerprint density at radius 2 is 2.12 bits per heavy atom. The van der Waals surface area contributed by atoms with Gasteiger partial charge in [-0.05, 0) is 49.4 Å². The Morgan fingerprint density at radius 3 is 2.83 bits per heavy atom. The zero-order valence-corrected chi connectivity index (χ0v) is 13.6. The molecule has 2 heterocycles. The number of amides is 1. The summed E-state index contributed by atoms with van der Waals surface area (Å²) in [4.78, 5) is 14.9. The molecule has 1 saturated heterocycles. The lowest BCUT2D eigenvalue weighted by Gasteiger charge is -2.35. The van der Waals surface area contributed by atoms with Crippen LogP contribution in [0.3, 0.4) is 0 Å². The van der Waals surface area contributed by atoms with Crippen molar-refractivity contribution in [2.45, 2.75) is 31.3 Å². The van der Waals surface area contributed by atoms with Crippen LogP contribution in [-0.2, 0) is 7.05 Å². The van der Waals surface area contributed by atoms with Gasteiger partial charge in [0.25, 0.3) is 5.91 Å². The minimum atomic E-state index is -0.282. The Labute approximate surface area is 140 Å². The van der Waals surface area contributed by atoms with E-state index in [9.17, 15) is 9.18 Å². The summed E-state index contributed by atoms with van der Waals surface area (Å²) in [6, 6.07) is 6.38.